The van der Waals surface area contributed by atoms with Gasteiger partial charge in [-0.05, 0) is 19.1 Å². The Morgan fingerprint density at radius 3 is 2.72 bits per heavy atom. The third kappa shape index (κ3) is 2.17. The lowest BCUT2D eigenvalue weighted by molar-refractivity contribution is 0.807. The quantitative estimate of drug-likeness (QED) is 0.857. The Morgan fingerprint density at radius 2 is 2.11 bits per heavy atom. The van der Waals surface area contributed by atoms with E-state index < -0.39 is 0 Å². The number of nitrogens with two attached hydrogens (primary N) is 1. The predicted octanol–water partition coefficient (Wildman–Crippen LogP) is 3.38. The van der Waals surface area contributed by atoms with Gasteiger partial charge in [-0.2, -0.15) is 0 Å². The zero-order valence-electron chi connectivity index (χ0n) is 9.74. The van der Waals surface area contributed by atoms with Gasteiger partial charge in [0.25, 0.3) is 0 Å². The number of terminal acetylenes is 1. The molecule has 0 unspecified atom stereocenters. The van der Waals surface area contributed by atoms with Crippen molar-refractivity contribution in [3.63, 3.8) is 0 Å². The monoisotopic (exact) mass is 279 g/mol. The fourth-order valence-electron chi connectivity index (χ4n) is 1.73. The second-order valence-electron chi connectivity index (χ2n) is 3.81. The molecule has 92 valence electrons. The second-order valence-corrected chi connectivity index (χ2v) is 4.63. The van der Waals surface area contributed by atoms with Crippen LogP contribution in [0.5, 0.6) is 0 Å². The van der Waals surface area contributed by atoms with Crippen LogP contribution in [0, 0.1) is 19.3 Å². The van der Waals surface area contributed by atoms with Crippen molar-refractivity contribution in [1.82, 2.24) is 9.55 Å². The van der Waals surface area contributed by atoms with E-state index in [1.54, 1.807) is 16.7 Å². The zero-order chi connectivity index (χ0) is 13.3. The minimum Gasteiger partial charge on any atom is -0.383 e. The van der Waals surface area contributed by atoms with Crippen LogP contribution in [0.1, 0.15) is 5.82 Å². The lowest BCUT2D eigenvalue weighted by Gasteiger charge is -2.04. The number of rotatable bonds is 2. The van der Waals surface area contributed by atoms with Crippen LogP contribution in [0.3, 0.4) is 0 Å². The number of imidazole rings is 1. The Bertz CT molecular complexity index is 638. The molecule has 0 bridgehead atoms. The first-order valence-corrected chi connectivity index (χ1v) is 6.01. The Hall–Kier alpha value is -1.63. The summed E-state index contributed by atoms with van der Waals surface area (Å²) in [5.74, 6) is 3.85. The van der Waals surface area contributed by atoms with Crippen LogP contribution in [-0.2, 0) is 6.54 Å². The molecule has 0 aliphatic heterocycles. The number of anilines is 1. The van der Waals surface area contributed by atoms with Crippen LogP contribution in [0.2, 0.25) is 10.0 Å². The average molecular weight is 280 g/mol. The Labute approximate surface area is 116 Å². The molecule has 0 aliphatic carbocycles. The molecular weight excluding hydrogens is 269 g/mol. The number of hydrogen-bond donors (Lipinski definition) is 1. The molecule has 0 spiro atoms. The van der Waals surface area contributed by atoms with Crippen molar-refractivity contribution >= 4 is 29.0 Å². The largest absolute Gasteiger partial charge is 0.383 e. The third-order valence-corrected chi connectivity index (χ3v) is 3.38. The van der Waals surface area contributed by atoms with Crippen molar-refractivity contribution in [3.8, 4) is 23.6 Å². The van der Waals surface area contributed by atoms with Crippen molar-refractivity contribution in [2.24, 2.45) is 0 Å². The highest BCUT2D eigenvalue weighted by Gasteiger charge is 2.13. The highest BCUT2D eigenvalue weighted by atomic mass is 35.5. The van der Waals surface area contributed by atoms with Crippen LogP contribution in [0.4, 0.5) is 5.82 Å². The molecule has 0 aliphatic rings. The lowest BCUT2D eigenvalue weighted by atomic mass is 10.1. The van der Waals surface area contributed by atoms with Crippen molar-refractivity contribution < 1.29 is 0 Å². The number of hydrogen-bond acceptors (Lipinski definition) is 2. The molecule has 5 heteroatoms. The summed E-state index contributed by atoms with van der Waals surface area (Å²) in [4.78, 5) is 4.41. The predicted molar refractivity (Wildman–Crippen MR) is 75.7 cm³/mol. The van der Waals surface area contributed by atoms with Crippen molar-refractivity contribution in [3.05, 3.63) is 34.1 Å². The highest BCUT2D eigenvalue weighted by Crippen LogP contribution is 2.31. The lowest BCUT2D eigenvalue weighted by Crippen LogP contribution is -2.03. The molecule has 2 aromatic rings. The molecule has 0 saturated carbocycles. The van der Waals surface area contributed by atoms with E-state index in [9.17, 15) is 0 Å². The van der Waals surface area contributed by atoms with E-state index in [0.717, 1.165) is 11.4 Å². The first-order chi connectivity index (χ1) is 8.54. The van der Waals surface area contributed by atoms with Gasteiger partial charge in [0.15, 0.2) is 0 Å². The van der Waals surface area contributed by atoms with Crippen LogP contribution in [0.15, 0.2) is 18.2 Å². The number of nitrogen functional groups attached to an aromatic ring is 1. The second kappa shape index (κ2) is 4.93. The summed E-state index contributed by atoms with van der Waals surface area (Å²) < 4.78 is 1.78. The van der Waals surface area contributed by atoms with Gasteiger partial charge in [0.05, 0.1) is 16.6 Å². The first-order valence-electron chi connectivity index (χ1n) is 5.26. The number of aryl methyl sites for hydroxylation is 1. The van der Waals surface area contributed by atoms with Gasteiger partial charge in [-0.15, -0.1) is 6.42 Å². The van der Waals surface area contributed by atoms with E-state index in [4.69, 9.17) is 35.4 Å². The number of halogens is 2. The third-order valence-electron chi connectivity index (χ3n) is 2.64. The summed E-state index contributed by atoms with van der Waals surface area (Å²) >= 11 is 11.9. The summed E-state index contributed by atoms with van der Waals surface area (Å²) in [5.41, 5.74) is 7.53. The zero-order valence-corrected chi connectivity index (χ0v) is 11.3. The van der Waals surface area contributed by atoms with Gasteiger partial charge in [0.2, 0.25) is 0 Å². The normalized spacial score (nSPS) is 10.3. The first kappa shape index (κ1) is 12.8. The fourth-order valence-corrected chi connectivity index (χ4v) is 2.03. The molecule has 3 nitrogen and oxygen atoms in total. The van der Waals surface area contributed by atoms with E-state index >= 15 is 0 Å². The van der Waals surface area contributed by atoms with Crippen molar-refractivity contribution in [1.29, 1.82) is 0 Å². The summed E-state index contributed by atoms with van der Waals surface area (Å²) in [5, 5.41) is 0.969. The molecule has 0 atom stereocenters. The standard InChI is InChI=1S/C13H11Cl2N3/c1-3-6-18-8(2)17-12(13(18)16)9-4-5-10(14)11(15)7-9/h1,4-5,7H,6,16H2,2H3. The summed E-state index contributed by atoms with van der Waals surface area (Å²) in [6.45, 7) is 2.25. The van der Waals surface area contributed by atoms with Gasteiger partial charge in [0.1, 0.15) is 17.3 Å². The molecule has 1 aromatic heterocycles. The van der Waals surface area contributed by atoms with Crippen molar-refractivity contribution in [2.75, 3.05) is 5.73 Å². The molecular formula is C13H11Cl2N3. The maximum absolute atomic E-state index is 6.04. The molecule has 1 heterocycles. The maximum atomic E-state index is 6.04. The fraction of sp³-hybridized carbons (Fsp3) is 0.154. The van der Waals surface area contributed by atoms with Gasteiger partial charge in [0, 0.05) is 5.56 Å². The van der Waals surface area contributed by atoms with Gasteiger partial charge < -0.3 is 10.3 Å². The van der Waals surface area contributed by atoms with Gasteiger partial charge >= 0.3 is 0 Å². The molecule has 2 rings (SSSR count). The van der Waals surface area contributed by atoms with E-state index in [1.165, 1.54) is 0 Å². The minimum absolute atomic E-state index is 0.395. The topological polar surface area (TPSA) is 43.8 Å². The Kier molecular flexibility index (Phi) is 3.51. The Morgan fingerprint density at radius 1 is 1.39 bits per heavy atom. The van der Waals surface area contributed by atoms with E-state index in [0.29, 0.717) is 28.1 Å². The van der Waals surface area contributed by atoms with Gasteiger partial charge in [-0.3, -0.25) is 0 Å². The van der Waals surface area contributed by atoms with Gasteiger partial charge in [-0.1, -0.05) is 35.2 Å². The maximum Gasteiger partial charge on any atom is 0.132 e. The molecule has 1 aromatic carbocycles. The summed E-state index contributed by atoms with van der Waals surface area (Å²) in [6.07, 6.45) is 5.30. The summed E-state index contributed by atoms with van der Waals surface area (Å²) in [6, 6.07) is 5.28. The average Bonchev–Trinajstić information content (AvgIpc) is 2.61. The molecule has 0 amide bonds. The highest BCUT2D eigenvalue weighted by molar-refractivity contribution is 6.42. The number of benzene rings is 1. The van der Waals surface area contributed by atoms with Crippen molar-refractivity contribution in [2.45, 2.75) is 13.5 Å². The molecule has 0 saturated heterocycles. The SMILES string of the molecule is C#CCn1c(C)nc(-c2ccc(Cl)c(Cl)c2)c1N. The van der Waals surface area contributed by atoms with E-state index in [-0.39, 0.29) is 0 Å². The van der Waals surface area contributed by atoms with Gasteiger partial charge in [-0.25, -0.2) is 4.98 Å². The molecule has 18 heavy (non-hydrogen) atoms. The Balaban J connectivity index is 2.55. The van der Waals surface area contributed by atoms with Crippen LogP contribution >= 0.6 is 23.2 Å². The molecule has 0 radical (unpaired) electrons. The minimum atomic E-state index is 0.395. The smallest absolute Gasteiger partial charge is 0.132 e. The number of aromatic nitrogens is 2. The van der Waals surface area contributed by atoms with E-state index in [2.05, 4.69) is 10.9 Å². The van der Waals surface area contributed by atoms with Crippen LogP contribution in [0.25, 0.3) is 11.3 Å². The summed E-state index contributed by atoms with van der Waals surface area (Å²) in [7, 11) is 0. The number of nitrogens with zero attached hydrogens (tertiary/aromatic N) is 2. The van der Waals surface area contributed by atoms with Crippen LogP contribution < -0.4 is 5.73 Å². The molecule has 2 N–H and O–H groups in total. The van der Waals surface area contributed by atoms with Crippen LogP contribution in [-0.4, -0.2) is 9.55 Å². The van der Waals surface area contributed by atoms with E-state index in [1.807, 2.05) is 13.0 Å². The molecule has 0 fully saturated rings.